The van der Waals surface area contributed by atoms with E-state index in [0.29, 0.717) is 51.2 Å². The van der Waals surface area contributed by atoms with E-state index in [2.05, 4.69) is 15.2 Å². The molecule has 0 bridgehead atoms. The standard InChI is InChI=1S/C17H18N6O3/c24-11-21-3-5-22(6-4-21)17-19-16(20-26-17)12-1-2-13-8-18-23(15(13)7-12)14-9-25-10-14/h1-2,7-8,11,14H,3-6,9-10H2. The monoisotopic (exact) mass is 354 g/mol. The summed E-state index contributed by atoms with van der Waals surface area (Å²) >= 11 is 0. The second-order valence-corrected chi connectivity index (χ2v) is 6.58. The van der Waals surface area contributed by atoms with Crippen molar-refractivity contribution >= 4 is 23.3 Å². The number of aromatic nitrogens is 4. The molecule has 2 aliphatic rings. The van der Waals surface area contributed by atoms with E-state index in [-0.39, 0.29) is 6.04 Å². The Morgan fingerprint density at radius 2 is 2.00 bits per heavy atom. The fourth-order valence-corrected chi connectivity index (χ4v) is 3.31. The maximum Gasteiger partial charge on any atom is 0.324 e. The number of rotatable bonds is 4. The van der Waals surface area contributed by atoms with Crippen molar-refractivity contribution in [3.63, 3.8) is 0 Å². The summed E-state index contributed by atoms with van der Waals surface area (Å²) in [6.45, 7) is 4.09. The van der Waals surface area contributed by atoms with Crippen LogP contribution in [0.1, 0.15) is 6.04 Å². The molecule has 2 saturated heterocycles. The van der Waals surface area contributed by atoms with Crippen molar-refractivity contribution < 1.29 is 14.1 Å². The Bertz CT molecular complexity index is 939. The number of hydrogen-bond donors (Lipinski definition) is 0. The Hall–Kier alpha value is -2.94. The van der Waals surface area contributed by atoms with E-state index in [0.717, 1.165) is 22.9 Å². The molecule has 0 N–H and O–H groups in total. The van der Waals surface area contributed by atoms with E-state index in [1.54, 1.807) is 4.90 Å². The van der Waals surface area contributed by atoms with Gasteiger partial charge in [0.15, 0.2) is 0 Å². The molecule has 9 nitrogen and oxygen atoms in total. The highest BCUT2D eigenvalue weighted by Gasteiger charge is 2.24. The molecule has 0 spiro atoms. The first-order chi connectivity index (χ1) is 12.8. The molecule has 0 unspecified atom stereocenters. The molecule has 9 heteroatoms. The van der Waals surface area contributed by atoms with Crippen LogP contribution in [0.15, 0.2) is 28.9 Å². The zero-order valence-corrected chi connectivity index (χ0v) is 14.1. The summed E-state index contributed by atoms with van der Waals surface area (Å²) in [6.07, 6.45) is 2.74. The van der Waals surface area contributed by atoms with Crippen molar-refractivity contribution in [2.75, 3.05) is 44.3 Å². The van der Waals surface area contributed by atoms with Crippen LogP contribution >= 0.6 is 0 Å². The van der Waals surface area contributed by atoms with Gasteiger partial charge in [-0.15, -0.1) is 0 Å². The Morgan fingerprint density at radius 1 is 1.15 bits per heavy atom. The van der Waals surface area contributed by atoms with Gasteiger partial charge in [0.25, 0.3) is 0 Å². The molecule has 5 rings (SSSR count). The number of hydrogen-bond acceptors (Lipinski definition) is 7. The Kier molecular flexibility index (Phi) is 3.59. The van der Waals surface area contributed by atoms with Gasteiger partial charge in [-0.05, 0) is 6.07 Å². The van der Waals surface area contributed by atoms with Gasteiger partial charge in [-0.25, -0.2) is 0 Å². The van der Waals surface area contributed by atoms with E-state index < -0.39 is 0 Å². The number of carbonyl (C=O) groups excluding carboxylic acids is 1. The van der Waals surface area contributed by atoms with Crippen molar-refractivity contribution in [1.82, 2.24) is 24.8 Å². The number of nitrogens with zero attached hydrogens (tertiary/aromatic N) is 6. The molecule has 26 heavy (non-hydrogen) atoms. The zero-order chi connectivity index (χ0) is 17.5. The third-order valence-electron chi connectivity index (χ3n) is 4.97. The predicted molar refractivity (Wildman–Crippen MR) is 92.7 cm³/mol. The number of carbonyl (C=O) groups is 1. The molecule has 2 aromatic heterocycles. The van der Waals surface area contributed by atoms with E-state index >= 15 is 0 Å². The van der Waals surface area contributed by atoms with E-state index in [4.69, 9.17) is 9.26 Å². The van der Waals surface area contributed by atoms with E-state index in [9.17, 15) is 4.79 Å². The molecule has 134 valence electrons. The maximum atomic E-state index is 10.8. The molecular weight excluding hydrogens is 336 g/mol. The zero-order valence-electron chi connectivity index (χ0n) is 14.1. The first kappa shape index (κ1) is 15.3. The maximum absolute atomic E-state index is 10.8. The molecule has 0 atom stereocenters. The van der Waals surface area contributed by atoms with E-state index in [1.807, 2.05) is 34.0 Å². The average molecular weight is 354 g/mol. The summed E-state index contributed by atoms with van der Waals surface area (Å²) in [6, 6.07) is 6.82. The van der Waals surface area contributed by atoms with Gasteiger partial charge < -0.3 is 19.1 Å². The van der Waals surface area contributed by atoms with Crippen LogP contribution in [0.4, 0.5) is 6.01 Å². The minimum atomic E-state index is 0.290. The summed E-state index contributed by atoms with van der Waals surface area (Å²) in [5.74, 6) is 0.553. The Balaban J connectivity index is 1.41. The fraction of sp³-hybridized carbons (Fsp3) is 0.412. The molecule has 0 aliphatic carbocycles. The van der Waals surface area contributed by atoms with Crippen LogP contribution in [0, 0.1) is 0 Å². The van der Waals surface area contributed by atoms with Gasteiger partial charge in [0, 0.05) is 37.1 Å². The molecule has 1 amide bonds. The molecule has 0 saturated carbocycles. The number of benzene rings is 1. The minimum absolute atomic E-state index is 0.290. The van der Waals surface area contributed by atoms with E-state index in [1.165, 1.54) is 0 Å². The van der Waals surface area contributed by atoms with Gasteiger partial charge in [-0.2, -0.15) is 10.1 Å². The molecular formula is C17H18N6O3. The molecule has 2 aliphatic heterocycles. The van der Waals surface area contributed by atoms with Gasteiger partial charge in [0.05, 0.1) is 31.0 Å². The van der Waals surface area contributed by atoms with Crippen LogP contribution in [0.25, 0.3) is 22.3 Å². The lowest BCUT2D eigenvalue weighted by Crippen LogP contribution is -2.45. The average Bonchev–Trinajstić information content (AvgIpc) is 3.28. The summed E-state index contributed by atoms with van der Waals surface area (Å²) in [7, 11) is 0. The number of fused-ring (bicyclic) bond motifs is 1. The lowest BCUT2D eigenvalue weighted by molar-refractivity contribution is -0.118. The largest absolute Gasteiger partial charge is 0.377 e. The third-order valence-corrected chi connectivity index (χ3v) is 4.97. The summed E-state index contributed by atoms with van der Waals surface area (Å²) < 4.78 is 12.7. The molecule has 0 radical (unpaired) electrons. The lowest BCUT2D eigenvalue weighted by Gasteiger charge is -2.30. The number of ether oxygens (including phenoxy) is 1. The molecule has 3 aromatic rings. The number of anilines is 1. The third kappa shape index (κ3) is 2.51. The summed E-state index contributed by atoms with van der Waals surface area (Å²) in [5.41, 5.74) is 1.93. The smallest absolute Gasteiger partial charge is 0.324 e. The van der Waals surface area contributed by atoms with Crippen molar-refractivity contribution in [3.05, 3.63) is 24.4 Å². The SMILES string of the molecule is O=CN1CCN(c2nc(-c3ccc4cnn(C5COC5)c4c3)no2)CC1. The minimum Gasteiger partial charge on any atom is -0.377 e. The van der Waals surface area contributed by atoms with Gasteiger partial charge in [0.1, 0.15) is 0 Å². The van der Waals surface area contributed by atoms with Crippen LogP contribution in [0.3, 0.4) is 0 Å². The first-order valence-electron chi connectivity index (χ1n) is 8.65. The summed E-state index contributed by atoms with van der Waals surface area (Å²) in [5, 5.41) is 9.69. The normalized spacial score (nSPS) is 18.3. The van der Waals surface area contributed by atoms with Gasteiger partial charge in [0.2, 0.25) is 12.2 Å². The lowest BCUT2D eigenvalue weighted by atomic mass is 10.1. The van der Waals surface area contributed by atoms with Crippen LogP contribution in [-0.2, 0) is 9.53 Å². The van der Waals surface area contributed by atoms with Crippen molar-refractivity contribution in [3.8, 4) is 11.4 Å². The van der Waals surface area contributed by atoms with Crippen molar-refractivity contribution in [2.24, 2.45) is 0 Å². The molecule has 2 fully saturated rings. The van der Waals surface area contributed by atoms with Crippen LogP contribution < -0.4 is 4.90 Å². The molecule has 1 aromatic carbocycles. The van der Waals surface area contributed by atoms with Crippen molar-refractivity contribution in [2.45, 2.75) is 6.04 Å². The van der Waals surface area contributed by atoms with Crippen LogP contribution in [0.2, 0.25) is 0 Å². The quantitative estimate of drug-likeness (QED) is 0.644. The first-order valence-corrected chi connectivity index (χ1v) is 8.65. The van der Waals surface area contributed by atoms with Gasteiger partial charge in [-0.3, -0.25) is 9.48 Å². The van der Waals surface area contributed by atoms with Crippen LogP contribution in [0.5, 0.6) is 0 Å². The van der Waals surface area contributed by atoms with Gasteiger partial charge >= 0.3 is 6.01 Å². The second-order valence-electron chi connectivity index (χ2n) is 6.58. The second kappa shape index (κ2) is 6.10. The number of amides is 1. The fourth-order valence-electron chi connectivity index (χ4n) is 3.31. The van der Waals surface area contributed by atoms with Crippen molar-refractivity contribution in [1.29, 1.82) is 0 Å². The molecule has 4 heterocycles. The number of piperazine rings is 1. The highest BCUT2D eigenvalue weighted by molar-refractivity contribution is 5.83. The Labute approximate surface area is 149 Å². The highest BCUT2D eigenvalue weighted by atomic mass is 16.5. The summed E-state index contributed by atoms with van der Waals surface area (Å²) in [4.78, 5) is 19.1. The van der Waals surface area contributed by atoms with Crippen LogP contribution in [-0.4, -0.2) is 70.6 Å². The topological polar surface area (TPSA) is 89.5 Å². The van der Waals surface area contributed by atoms with Gasteiger partial charge in [-0.1, -0.05) is 17.3 Å². The predicted octanol–water partition coefficient (Wildman–Crippen LogP) is 0.936. The Morgan fingerprint density at radius 3 is 2.73 bits per heavy atom. The highest BCUT2D eigenvalue weighted by Crippen LogP contribution is 2.28.